The number of hydrogen-bond donors (Lipinski definition) is 2. The topological polar surface area (TPSA) is 32.3 Å². The SMILES string of the molecule is Cc1cc(C(O)(C(F)(F)F)C(F)(F)F)cc(C)c1NCCCl. The monoisotopic (exact) mass is 349 g/mol. The zero-order valence-electron chi connectivity index (χ0n) is 11.7. The molecule has 126 valence electrons. The van der Waals surface area contributed by atoms with Crippen LogP contribution in [0.2, 0.25) is 0 Å². The molecule has 0 spiro atoms. The predicted octanol–water partition coefficient (Wildman–Crippen LogP) is 4.27. The Bertz CT molecular complexity index is 503. The van der Waals surface area contributed by atoms with E-state index in [-0.39, 0.29) is 17.0 Å². The van der Waals surface area contributed by atoms with Crippen LogP contribution in [0.5, 0.6) is 0 Å². The fourth-order valence-corrected chi connectivity index (χ4v) is 2.21. The molecule has 0 radical (unpaired) electrons. The summed E-state index contributed by atoms with van der Waals surface area (Å²) in [7, 11) is 0. The van der Waals surface area contributed by atoms with Gasteiger partial charge in [-0.25, -0.2) is 0 Å². The van der Waals surface area contributed by atoms with Crippen LogP contribution in [0.4, 0.5) is 32.0 Å². The van der Waals surface area contributed by atoms with Crippen molar-refractivity contribution in [2.45, 2.75) is 31.8 Å². The fourth-order valence-electron chi connectivity index (χ4n) is 2.11. The molecule has 0 saturated heterocycles. The zero-order valence-corrected chi connectivity index (χ0v) is 12.4. The van der Waals surface area contributed by atoms with E-state index in [9.17, 15) is 31.4 Å². The van der Waals surface area contributed by atoms with Gasteiger partial charge in [0.05, 0.1) is 0 Å². The molecule has 0 aliphatic carbocycles. The molecule has 0 bridgehead atoms. The number of hydrogen-bond acceptors (Lipinski definition) is 2. The van der Waals surface area contributed by atoms with Gasteiger partial charge in [0.15, 0.2) is 0 Å². The molecule has 2 N–H and O–H groups in total. The lowest BCUT2D eigenvalue weighted by Crippen LogP contribution is -2.54. The van der Waals surface area contributed by atoms with Crippen LogP contribution in [-0.2, 0) is 5.60 Å². The molecule has 0 saturated carbocycles. The molecule has 0 aliphatic heterocycles. The molecule has 9 heteroatoms. The second-order valence-electron chi connectivity index (χ2n) is 4.81. The van der Waals surface area contributed by atoms with Crippen LogP contribution in [0.15, 0.2) is 12.1 Å². The maximum Gasteiger partial charge on any atom is 0.430 e. The van der Waals surface area contributed by atoms with Gasteiger partial charge in [-0.05, 0) is 25.0 Å². The standard InChI is InChI=1S/C13H14ClF6NO/c1-7-5-9(6-8(2)10(7)21-4-3-14)11(22,12(15,16)17)13(18,19)20/h5-6,21-22H,3-4H2,1-2H3. The van der Waals surface area contributed by atoms with Crippen molar-refractivity contribution in [3.63, 3.8) is 0 Å². The molecule has 1 aromatic carbocycles. The molecule has 22 heavy (non-hydrogen) atoms. The van der Waals surface area contributed by atoms with Gasteiger partial charge in [-0.1, -0.05) is 12.1 Å². The van der Waals surface area contributed by atoms with E-state index in [0.717, 1.165) is 0 Å². The number of halogens is 7. The van der Waals surface area contributed by atoms with Gasteiger partial charge in [-0.15, -0.1) is 11.6 Å². The average Bonchev–Trinajstić information content (AvgIpc) is 2.33. The number of aryl methyl sites for hydroxylation is 2. The molecule has 2 nitrogen and oxygen atoms in total. The van der Waals surface area contributed by atoms with Crippen LogP contribution in [0.3, 0.4) is 0 Å². The molecular formula is C13H14ClF6NO. The summed E-state index contributed by atoms with van der Waals surface area (Å²) in [5, 5.41) is 12.2. The summed E-state index contributed by atoms with van der Waals surface area (Å²) < 4.78 is 77.1. The minimum absolute atomic E-state index is 0.145. The molecule has 1 aromatic rings. The van der Waals surface area contributed by atoms with Gasteiger partial charge in [0, 0.05) is 23.7 Å². The van der Waals surface area contributed by atoms with Crippen molar-refractivity contribution < 1.29 is 31.4 Å². The number of aliphatic hydroxyl groups is 1. The summed E-state index contributed by atoms with van der Waals surface area (Å²) >= 11 is 5.48. The quantitative estimate of drug-likeness (QED) is 0.628. The number of rotatable bonds is 4. The normalized spacial score (nSPS) is 13.4. The van der Waals surface area contributed by atoms with Crippen LogP contribution in [0.25, 0.3) is 0 Å². The van der Waals surface area contributed by atoms with Gasteiger partial charge in [-0.2, -0.15) is 26.3 Å². The zero-order chi connectivity index (χ0) is 17.3. The van der Waals surface area contributed by atoms with E-state index in [1.165, 1.54) is 13.8 Å². The van der Waals surface area contributed by atoms with Crippen molar-refractivity contribution in [3.8, 4) is 0 Å². The summed E-state index contributed by atoms with van der Waals surface area (Å²) in [6.45, 7) is 2.99. The largest absolute Gasteiger partial charge is 0.430 e. The molecular weight excluding hydrogens is 336 g/mol. The highest BCUT2D eigenvalue weighted by atomic mass is 35.5. The Morgan fingerprint density at radius 1 is 1.00 bits per heavy atom. The Hall–Kier alpha value is -1.15. The summed E-state index contributed by atoms with van der Waals surface area (Å²) in [4.78, 5) is 0. The molecule has 0 amide bonds. The van der Waals surface area contributed by atoms with Crippen molar-refractivity contribution in [1.82, 2.24) is 0 Å². The van der Waals surface area contributed by atoms with Crippen LogP contribution < -0.4 is 5.32 Å². The second-order valence-corrected chi connectivity index (χ2v) is 5.18. The minimum Gasteiger partial charge on any atom is -0.383 e. The van der Waals surface area contributed by atoms with Gasteiger partial charge in [-0.3, -0.25) is 0 Å². The Morgan fingerprint density at radius 2 is 1.41 bits per heavy atom. The van der Waals surface area contributed by atoms with Gasteiger partial charge in [0.25, 0.3) is 5.60 Å². The van der Waals surface area contributed by atoms with Crippen LogP contribution in [0.1, 0.15) is 16.7 Å². The van der Waals surface area contributed by atoms with E-state index in [1.54, 1.807) is 0 Å². The predicted molar refractivity (Wildman–Crippen MR) is 71.1 cm³/mol. The molecule has 0 unspecified atom stereocenters. The van der Waals surface area contributed by atoms with Crippen molar-refractivity contribution in [2.75, 3.05) is 17.7 Å². The third-order valence-electron chi connectivity index (χ3n) is 3.17. The van der Waals surface area contributed by atoms with Crippen LogP contribution in [-0.4, -0.2) is 29.9 Å². The first-order valence-electron chi connectivity index (χ1n) is 6.13. The lowest BCUT2D eigenvalue weighted by atomic mass is 9.89. The van der Waals surface area contributed by atoms with E-state index in [4.69, 9.17) is 11.6 Å². The van der Waals surface area contributed by atoms with Gasteiger partial charge in [0.1, 0.15) is 0 Å². The summed E-state index contributed by atoms with van der Waals surface area (Å²) in [5.41, 5.74) is -5.50. The van der Waals surface area contributed by atoms with Crippen LogP contribution in [0, 0.1) is 13.8 Å². The Labute approximate surface area is 128 Å². The van der Waals surface area contributed by atoms with Crippen molar-refractivity contribution in [3.05, 3.63) is 28.8 Å². The second kappa shape index (κ2) is 6.16. The maximum atomic E-state index is 12.8. The van der Waals surface area contributed by atoms with E-state index in [0.29, 0.717) is 24.4 Å². The number of benzene rings is 1. The van der Waals surface area contributed by atoms with E-state index in [1.807, 2.05) is 0 Å². The Kier molecular flexibility index (Phi) is 5.29. The third-order valence-corrected chi connectivity index (χ3v) is 3.36. The summed E-state index contributed by atoms with van der Waals surface area (Å²) in [6, 6.07) is 1.34. The minimum atomic E-state index is -5.89. The fraction of sp³-hybridized carbons (Fsp3) is 0.538. The first-order chi connectivity index (χ1) is 9.86. The molecule has 0 fully saturated rings. The molecule has 1 rings (SSSR count). The smallest absolute Gasteiger partial charge is 0.383 e. The van der Waals surface area contributed by atoms with Gasteiger partial charge >= 0.3 is 12.4 Å². The molecule has 0 heterocycles. The lowest BCUT2D eigenvalue weighted by Gasteiger charge is -2.33. The van der Waals surface area contributed by atoms with E-state index >= 15 is 0 Å². The first kappa shape index (κ1) is 18.9. The highest BCUT2D eigenvalue weighted by Crippen LogP contribution is 2.50. The van der Waals surface area contributed by atoms with Crippen molar-refractivity contribution in [2.24, 2.45) is 0 Å². The summed E-state index contributed by atoms with van der Waals surface area (Å²) in [5.74, 6) is 0.218. The van der Waals surface area contributed by atoms with Crippen molar-refractivity contribution in [1.29, 1.82) is 0 Å². The first-order valence-corrected chi connectivity index (χ1v) is 6.67. The highest BCUT2D eigenvalue weighted by molar-refractivity contribution is 6.18. The van der Waals surface area contributed by atoms with Crippen molar-refractivity contribution >= 4 is 17.3 Å². The van der Waals surface area contributed by atoms with E-state index in [2.05, 4.69) is 5.32 Å². The van der Waals surface area contributed by atoms with E-state index < -0.39 is 23.5 Å². The van der Waals surface area contributed by atoms with Crippen LogP contribution >= 0.6 is 11.6 Å². The number of alkyl halides is 7. The molecule has 0 atom stereocenters. The molecule has 0 aromatic heterocycles. The number of nitrogens with one attached hydrogen (secondary N) is 1. The summed E-state index contributed by atoms with van der Waals surface area (Å²) in [6.07, 6.45) is -11.8. The highest BCUT2D eigenvalue weighted by Gasteiger charge is 2.71. The van der Waals surface area contributed by atoms with Gasteiger partial charge < -0.3 is 10.4 Å². The molecule has 0 aliphatic rings. The number of anilines is 1. The third kappa shape index (κ3) is 3.27. The Balaban J connectivity index is 3.48. The lowest BCUT2D eigenvalue weighted by molar-refractivity contribution is -0.376. The Morgan fingerprint density at radius 3 is 1.73 bits per heavy atom. The van der Waals surface area contributed by atoms with Gasteiger partial charge in [0.2, 0.25) is 0 Å². The maximum absolute atomic E-state index is 12.8. The average molecular weight is 350 g/mol.